The monoisotopic (exact) mass is 572 g/mol. The average Bonchev–Trinajstić information content (AvgIpc) is 2.90. The van der Waals surface area contributed by atoms with Gasteiger partial charge in [0.1, 0.15) is 5.75 Å². The van der Waals surface area contributed by atoms with Gasteiger partial charge < -0.3 is 24.2 Å². The molecule has 40 heavy (non-hydrogen) atoms. The van der Waals surface area contributed by atoms with Crippen LogP contribution in [0.1, 0.15) is 77.5 Å². The Morgan fingerprint density at radius 3 is 1.85 bits per heavy atom. The first-order valence-electron chi connectivity index (χ1n) is 14.6. The zero-order chi connectivity index (χ0) is 29.5. The Kier molecular flexibility index (Phi) is 11.5. The highest BCUT2D eigenvalue weighted by Gasteiger charge is 2.27. The second kappa shape index (κ2) is 14.2. The molecule has 0 unspecified atom stereocenters. The van der Waals surface area contributed by atoms with Crippen molar-refractivity contribution in [1.82, 2.24) is 9.80 Å². The molecule has 0 atom stereocenters. The van der Waals surface area contributed by atoms with E-state index >= 15 is 0 Å². The van der Waals surface area contributed by atoms with Crippen molar-refractivity contribution in [2.75, 3.05) is 59.8 Å². The number of aromatic hydroxyl groups is 1. The standard InChI is InChI=1S/C33H52N2O4S/c1-32(2,3)26-21-25(22-27(29(26)36)33(4,5)6)40-20-12-10-11-15-34-16-18-35(19-17-34)23-24-13-14-28(37-7)31(39-9)30(24)38-8/h13-14,21-22,36H,10-12,15-20,23H2,1-9H3. The van der Waals surface area contributed by atoms with E-state index in [2.05, 4.69) is 69.5 Å². The summed E-state index contributed by atoms with van der Waals surface area (Å²) >= 11 is 1.93. The van der Waals surface area contributed by atoms with Crippen LogP contribution in [-0.2, 0) is 17.4 Å². The van der Waals surface area contributed by atoms with Crippen LogP contribution in [0.25, 0.3) is 0 Å². The highest BCUT2D eigenvalue weighted by atomic mass is 32.2. The van der Waals surface area contributed by atoms with E-state index in [1.165, 1.54) is 30.7 Å². The van der Waals surface area contributed by atoms with Crippen LogP contribution in [0.4, 0.5) is 0 Å². The van der Waals surface area contributed by atoms with E-state index < -0.39 is 0 Å². The number of ether oxygens (including phenoxy) is 3. The molecular weight excluding hydrogens is 520 g/mol. The molecule has 2 aromatic rings. The Labute approximate surface area is 247 Å². The number of methoxy groups -OCH3 is 3. The molecule has 0 aliphatic carbocycles. The first-order valence-corrected chi connectivity index (χ1v) is 15.6. The van der Waals surface area contributed by atoms with Crippen molar-refractivity contribution in [3.63, 3.8) is 0 Å². The number of rotatable bonds is 12. The summed E-state index contributed by atoms with van der Waals surface area (Å²) in [5, 5.41) is 11.0. The molecule has 7 heteroatoms. The van der Waals surface area contributed by atoms with Crippen molar-refractivity contribution >= 4 is 11.8 Å². The van der Waals surface area contributed by atoms with E-state index in [0.29, 0.717) is 17.2 Å². The first kappa shape index (κ1) is 32.4. The molecule has 0 aromatic heterocycles. The maximum absolute atomic E-state index is 11.0. The van der Waals surface area contributed by atoms with Crippen LogP contribution >= 0.6 is 11.8 Å². The summed E-state index contributed by atoms with van der Waals surface area (Å²) in [7, 11) is 4.99. The number of nitrogens with zero attached hydrogens (tertiary/aromatic N) is 2. The Morgan fingerprint density at radius 1 is 0.750 bits per heavy atom. The summed E-state index contributed by atoms with van der Waals surface area (Å²) in [6, 6.07) is 8.44. The first-order chi connectivity index (χ1) is 18.9. The SMILES string of the molecule is COc1ccc(CN2CCN(CCCCCSc3cc(C(C)(C)C)c(O)c(C(C)(C)C)c3)CC2)c(OC)c1OC. The second-order valence-electron chi connectivity index (χ2n) is 12.9. The second-order valence-corrected chi connectivity index (χ2v) is 14.1. The van der Waals surface area contributed by atoms with Gasteiger partial charge >= 0.3 is 0 Å². The summed E-state index contributed by atoms with van der Waals surface area (Å²) < 4.78 is 16.7. The van der Waals surface area contributed by atoms with Gasteiger partial charge in [-0.2, -0.15) is 0 Å². The predicted molar refractivity (Wildman–Crippen MR) is 168 cm³/mol. The molecule has 1 N–H and O–H groups in total. The minimum Gasteiger partial charge on any atom is -0.507 e. The number of phenolic OH excluding ortho intramolecular Hbond substituents is 1. The maximum Gasteiger partial charge on any atom is 0.203 e. The van der Waals surface area contributed by atoms with Gasteiger partial charge in [-0.15, -0.1) is 11.8 Å². The minimum atomic E-state index is -0.0851. The molecule has 1 aliphatic rings. The van der Waals surface area contributed by atoms with Crippen molar-refractivity contribution in [2.24, 2.45) is 0 Å². The summed E-state index contributed by atoms with van der Waals surface area (Å²) in [5.74, 6) is 3.69. The highest BCUT2D eigenvalue weighted by Crippen LogP contribution is 2.42. The van der Waals surface area contributed by atoms with Gasteiger partial charge in [0.15, 0.2) is 11.5 Å². The van der Waals surface area contributed by atoms with Gasteiger partial charge in [0.25, 0.3) is 0 Å². The lowest BCUT2D eigenvalue weighted by Gasteiger charge is -2.35. The summed E-state index contributed by atoms with van der Waals surface area (Å²) in [6.07, 6.45) is 3.69. The Hall–Kier alpha value is -2.09. The summed E-state index contributed by atoms with van der Waals surface area (Å²) in [4.78, 5) is 6.36. The third-order valence-corrected chi connectivity index (χ3v) is 8.79. The maximum atomic E-state index is 11.0. The van der Waals surface area contributed by atoms with Gasteiger partial charge in [0.2, 0.25) is 5.75 Å². The molecule has 2 aromatic carbocycles. The van der Waals surface area contributed by atoms with Crippen LogP contribution in [-0.4, -0.2) is 74.7 Å². The predicted octanol–water partition coefficient (Wildman–Crippen LogP) is 7.09. The third kappa shape index (κ3) is 8.46. The van der Waals surface area contributed by atoms with Crippen LogP contribution < -0.4 is 14.2 Å². The number of hydrogen-bond donors (Lipinski definition) is 1. The Bertz CT molecular complexity index is 1060. The Balaban J connectivity index is 1.42. The number of unbranched alkanes of at least 4 members (excludes halogenated alkanes) is 2. The van der Waals surface area contributed by atoms with E-state index in [1.54, 1.807) is 21.3 Å². The van der Waals surface area contributed by atoms with Gasteiger partial charge in [-0.1, -0.05) is 54.0 Å². The van der Waals surface area contributed by atoms with Gasteiger partial charge in [0.05, 0.1) is 21.3 Å². The van der Waals surface area contributed by atoms with Crippen molar-refractivity contribution in [3.05, 3.63) is 41.0 Å². The van der Waals surface area contributed by atoms with Crippen molar-refractivity contribution < 1.29 is 19.3 Å². The largest absolute Gasteiger partial charge is 0.507 e. The zero-order valence-corrected chi connectivity index (χ0v) is 27.2. The fourth-order valence-electron chi connectivity index (χ4n) is 5.34. The Morgan fingerprint density at radius 2 is 1.32 bits per heavy atom. The lowest BCUT2D eigenvalue weighted by atomic mass is 9.79. The van der Waals surface area contributed by atoms with Crippen LogP contribution in [0, 0.1) is 0 Å². The molecule has 1 saturated heterocycles. The molecule has 224 valence electrons. The van der Waals surface area contributed by atoms with E-state index in [1.807, 2.05) is 17.8 Å². The molecule has 1 aliphatic heterocycles. The molecule has 0 bridgehead atoms. The highest BCUT2D eigenvalue weighted by molar-refractivity contribution is 7.99. The third-order valence-electron chi connectivity index (χ3n) is 7.73. The lowest BCUT2D eigenvalue weighted by molar-refractivity contribution is 0.124. The molecule has 6 nitrogen and oxygen atoms in total. The van der Waals surface area contributed by atoms with Crippen molar-refractivity contribution in [3.8, 4) is 23.0 Å². The quantitative estimate of drug-likeness (QED) is 0.215. The van der Waals surface area contributed by atoms with Crippen molar-refractivity contribution in [1.29, 1.82) is 0 Å². The molecule has 1 fully saturated rings. The van der Waals surface area contributed by atoms with E-state index in [4.69, 9.17) is 14.2 Å². The van der Waals surface area contributed by atoms with Crippen molar-refractivity contribution in [2.45, 2.75) is 83.1 Å². The number of piperazine rings is 1. The van der Waals surface area contributed by atoms with Gasteiger partial charge in [-0.25, -0.2) is 0 Å². The van der Waals surface area contributed by atoms with Crippen LogP contribution in [0.2, 0.25) is 0 Å². The number of benzene rings is 2. The smallest absolute Gasteiger partial charge is 0.203 e. The molecule has 1 heterocycles. The minimum absolute atomic E-state index is 0.0851. The summed E-state index contributed by atoms with van der Waals surface area (Å²) in [5.41, 5.74) is 3.05. The molecule has 0 spiro atoms. The molecule has 0 radical (unpaired) electrons. The average molecular weight is 573 g/mol. The van der Waals surface area contributed by atoms with E-state index in [0.717, 1.165) is 60.9 Å². The number of hydrogen-bond acceptors (Lipinski definition) is 7. The fourth-order valence-corrected chi connectivity index (χ4v) is 6.33. The van der Waals surface area contributed by atoms with Crippen LogP contribution in [0.15, 0.2) is 29.2 Å². The van der Waals surface area contributed by atoms with Gasteiger partial charge in [-0.3, -0.25) is 4.90 Å². The van der Waals surface area contributed by atoms with Gasteiger partial charge in [0, 0.05) is 54.3 Å². The lowest BCUT2D eigenvalue weighted by Crippen LogP contribution is -2.46. The number of phenols is 1. The van der Waals surface area contributed by atoms with Crippen LogP contribution in [0.3, 0.4) is 0 Å². The topological polar surface area (TPSA) is 54.4 Å². The molecular formula is C33H52N2O4S. The van der Waals surface area contributed by atoms with E-state index in [-0.39, 0.29) is 10.8 Å². The van der Waals surface area contributed by atoms with Crippen LogP contribution in [0.5, 0.6) is 23.0 Å². The van der Waals surface area contributed by atoms with Gasteiger partial charge in [-0.05, 0) is 54.2 Å². The normalized spacial score (nSPS) is 15.3. The molecule has 0 amide bonds. The zero-order valence-electron chi connectivity index (χ0n) is 26.4. The number of thioether (sulfide) groups is 1. The molecule has 3 rings (SSSR count). The molecule has 0 saturated carbocycles. The fraction of sp³-hybridized carbons (Fsp3) is 0.636. The summed E-state index contributed by atoms with van der Waals surface area (Å²) in [6.45, 7) is 19.4. The van der Waals surface area contributed by atoms with E-state index in [9.17, 15) is 5.11 Å².